The summed E-state index contributed by atoms with van der Waals surface area (Å²) in [5.41, 5.74) is 1.98. The fourth-order valence-corrected chi connectivity index (χ4v) is 3.87. The molecule has 2 aromatic rings. The van der Waals surface area contributed by atoms with Crippen molar-refractivity contribution in [3.8, 4) is 0 Å². The highest BCUT2D eigenvalue weighted by molar-refractivity contribution is 9.10. The molecule has 0 amide bonds. The summed E-state index contributed by atoms with van der Waals surface area (Å²) in [6.45, 7) is 3.66. The normalized spacial score (nSPS) is 16.9. The lowest BCUT2D eigenvalue weighted by Gasteiger charge is -2.21. The van der Waals surface area contributed by atoms with E-state index < -0.39 is 15.4 Å². The molecule has 6 heteroatoms. The Labute approximate surface area is 155 Å². The maximum absolute atomic E-state index is 12.5. The summed E-state index contributed by atoms with van der Waals surface area (Å²) in [5.74, 6) is -0.380. The molecule has 3 rings (SSSR count). The number of sulfone groups is 1. The van der Waals surface area contributed by atoms with Crippen LogP contribution in [0.25, 0.3) is 11.1 Å². The van der Waals surface area contributed by atoms with Crippen molar-refractivity contribution in [2.75, 3.05) is 6.26 Å². The van der Waals surface area contributed by atoms with E-state index in [1.165, 1.54) is 6.26 Å². The number of ether oxygens (including phenoxy) is 1. The number of rotatable bonds is 3. The lowest BCUT2D eigenvalue weighted by Crippen LogP contribution is -2.22. The number of hydrogen-bond acceptors (Lipinski definition) is 4. The van der Waals surface area contributed by atoms with Crippen LogP contribution in [0.4, 0.5) is 0 Å². The molecule has 0 N–H and O–H groups in total. The van der Waals surface area contributed by atoms with Gasteiger partial charge in [-0.25, -0.2) is 13.2 Å². The summed E-state index contributed by atoms with van der Waals surface area (Å²) in [6.07, 6.45) is 1.17. The first-order valence-corrected chi connectivity index (χ1v) is 10.3. The Bertz CT molecular complexity index is 969. The average molecular weight is 421 g/mol. The minimum Gasteiger partial charge on any atom is -0.451 e. The summed E-state index contributed by atoms with van der Waals surface area (Å²) in [6, 6.07) is 14.0. The van der Waals surface area contributed by atoms with E-state index in [9.17, 15) is 13.2 Å². The van der Waals surface area contributed by atoms with E-state index in [0.717, 1.165) is 21.2 Å². The third-order valence-electron chi connectivity index (χ3n) is 4.11. The summed E-state index contributed by atoms with van der Waals surface area (Å²) in [4.78, 5) is 12.7. The molecule has 1 heterocycles. The van der Waals surface area contributed by atoms with Crippen molar-refractivity contribution >= 4 is 42.9 Å². The lowest BCUT2D eigenvalue weighted by molar-refractivity contribution is -0.141. The summed E-state index contributed by atoms with van der Waals surface area (Å²) >= 11 is 3.39. The molecular formula is C19H17BrO4S. The molecule has 0 fully saturated rings. The number of esters is 1. The molecule has 0 aliphatic carbocycles. The largest absolute Gasteiger partial charge is 0.451 e. The predicted molar refractivity (Wildman–Crippen MR) is 101 cm³/mol. The molecule has 4 nitrogen and oxygen atoms in total. The number of carbonyl (C=O) groups is 1. The van der Waals surface area contributed by atoms with Crippen LogP contribution in [-0.4, -0.2) is 26.2 Å². The molecule has 0 atom stereocenters. The van der Waals surface area contributed by atoms with Crippen LogP contribution in [0.1, 0.15) is 25.0 Å². The maximum atomic E-state index is 12.5. The minimum atomic E-state index is -3.27. The predicted octanol–water partition coefficient (Wildman–Crippen LogP) is 4.10. The van der Waals surface area contributed by atoms with Gasteiger partial charge in [0.05, 0.1) is 10.5 Å². The van der Waals surface area contributed by atoms with Crippen LogP contribution in [0.3, 0.4) is 0 Å². The Kier molecular flexibility index (Phi) is 4.37. The topological polar surface area (TPSA) is 60.4 Å². The van der Waals surface area contributed by atoms with E-state index in [1.807, 2.05) is 38.1 Å². The third kappa shape index (κ3) is 3.41. The van der Waals surface area contributed by atoms with Crippen molar-refractivity contribution in [1.29, 1.82) is 0 Å². The first-order valence-electron chi connectivity index (χ1n) is 7.64. The quantitative estimate of drug-likeness (QED) is 0.701. The second-order valence-electron chi connectivity index (χ2n) is 6.45. The Hall–Kier alpha value is -1.92. The zero-order valence-corrected chi connectivity index (χ0v) is 16.4. The first kappa shape index (κ1) is 17.9. The Morgan fingerprint density at radius 2 is 1.44 bits per heavy atom. The van der Waals surface area contributed by atoms with Crippen molar-refractivity contribution in [3.05, 3.63) is 64.1 Å². The van der Waals surface area contributed by atoms with Gasteiger partial charge in [0, 0.05) is 16.3 Å². The molecule has 0 bridgehead atoms. The van der Waals surface area contributed by atoms with Crippen molar-refractivity contribution < 1.29 is 17.9 Å². The van der Waals surface area contributed by atoms with Gasteiger partial charge in [-0.2, -0.15) is 0 Å². The highest BCUT2D eigenvalue weighted by Crippen LogP contribution is 2.43. The van der Waals surface area contributed by atoms with Crippen molar-refractivity contribution in [2.45, 2.75) is 24.3 Å². The minimum absolute atomic E-state index is 0.241. The number of hydrogen-bond donors (Lipinski definition) is 0. The van der Waals surface area contributed by atoms with E-state index in [1.54, 1.807) is 24.3 Å². The van der Waals surface area contributed by atoms with Crippen LogP contribution in [0.15, 0.2) is 57.9 Å². The van der Waals surface area contributed by atoms with Crippen LogP contribution in [-0.2, 0) is 19.4 Å². The van der Waals surface area contributed by atoms with Gasteiger partial charge in [-0.05, 0) is 49.2 Å². The Morgan fingerprint density at radius 3 is 1.96 bits per heavy atom. The van der Waals surface area contributed by atoms with Crippen LogP contribution in [0.2, 0.25) is 0 Å². The SMILES string of the molecule is CC1(C)OC(=O)C(c2ccc(Br)cc2)=C1c1ccc(S(C)(=O)=O)cc1. The molecule has 0 aromatic heterocycles. The van der Waals surface area contributed by atoms with Gasteiger partial charge >= 0.3 is 5.97 Å². The zero-order chi connectivity index (χ0) is 18.4. The van der Waals surface area contributed by atoms with Gasteiger partial charge in [0.15, 0.2) is 9.84 Å². The molecule has 1 aliphatic rings. The Balaban J connectivity index is 2.20. The molecule has 0 saturated carbocycles. The number of halogens is 1. The summed E-state index contributed by atoms with van der Waals surface area (Å²) in [5, 5.41) is 0. The number of benzene rings is 2. The molecule has 130 valence electrons. The zero-order valence-electron chi connectivity index (χ0n) is 14.0. The van der Waals surface area contributed by atoms with Crippen LogP contribution in [0, 0.1) is 0 Å². The average Bonchev–Trinajstić information content (AvgIpc) is 2.76. The Morgan fingerprint density at radius 1 is 0.920 bits per heavy atom. The fraction of sp³-hybridized carbons (Fsp3) is 0.211. The molecule has 0 radical (unpaired) electrons. The number of carbonyl (C=O) groups excluding carboxylic acids is 1. The van der Waals surface area contributed by atoms with Gasteiger partial charge in [0.25, 0.3) is 0 Å². The molecule has 0 unspecified atom stereocenters. The molecule has 2 aromatic carbocycles. The van der Waals surface area contributed by atoms with E-state index in [2.05, 4.69) is 15.9 Å². The van der Waals surface area contributed by atoms with E-state index in [4.69, 9.17) is 4.74 Å². The van der Waals surface area contributed by atoms with Crippen molar-refractivity contribution in [3.63, 3.8) is 0 Å². The maximum Gasteiger partial charge on any atom is 0.340 e. The van der Waals surface area contributed by atoms with Crippen molar-refractivity contribution in [2.24, 2.45) is 0 Å². The van der Waals surface area contributed by atoms with Gasteiger partial charge in [0.1, 0.15) is 5.60 Å². The second kappa shape index (κ2) is 6.11. The summed E-state index contributed by atoms with van der Waals surface area (Å²) in [7, 11) is -3.27. The standard InChI is InChI=1S/C19H17BrO4S/c1-19(2)17(13-6-10-15(11-7-13)25(3,22)23)16(18(21)24-19)12-4-8-14(20)9-5-12/h4-11H,1-3H3. The molecular weight excluding hydrogens is 404 g/mol. The molecule has 0 spiro atoms. The monoisotopic (exact) mass is 420 g/mol. The smallest absolute Gasteiger partial charge is 0.340 e. The first-order chi connectivity index (χ1) is 11.6. The second-order valence-corrected chi connectivity index (χ2v) is 9.38. The van der Waals surface area contributed by atoms with Gasteiger partial charge in [-0.3, -0.25) is 0 Å². The molecule has 1 aliphatic heterocycles. The van der Waals surface area contributed by atoms with Gasteiger partial charge < -0.3 is 4.74 Å². The van der Waals surface area contributed by atoms with Crippen molar-refractivity contribution in [1.82, 2.24) is 0 Å². The highest BCUT2D eigenvalue weighted by atomic mass is 79.9. The fourth-order valence-electron chi connectivity index (χ4n) is 2.98. The van der Waals surface area contributed by atoms with E-state index in [-0.39, 0.29) is 10.9 Å². The van der Waals surface area contributed by atoms with Gasteiger partial charge in [-0.15, -0.1) is 0 Å². The van der Waals surface area contributed by atoms with Gasteiger partial charge in [0.2, 0.25) is 0 Å². The van der Waals surface area contributed by atoms with E-state index >= 15 is 0 Å². The van der Waals surface area contributed by atoms with Crippen LogP contribution in [0.5, 0.6) is 0 Å². The van der Waals surface area contributed by atoms with Gasteiger partial charge in [-0.1, -0.05) is 40.2 Å². The third-order valence-corrected chi connectivity index (χ3v) is 5.77. The van der Waals surface area contributed by atoms with Crippen LogP contribution < -0.4 is 0 Å². The summed E-state index contributed by atoms with van der Waals surface area (Å²) < 4.78 is 29.8. The molecule has 25 heavy (non-hydrogen) atoms. The van der Waals surface area contributed by atoms with Crippen LogP contribution >= 0.6 is 15.9 Å². The lowest BCUT2D eigenvalue weighted by atomic mass is 9.87. The number of cyclic esters (lactones) is 1. The molecule has 0 saturated heterocycles. The van der Waals surface area contributed by atoms with E-state index in [0.29, 0.717) is 5.57 Å². The highest BCUT2D eigenvalue weighted by Gasteiger charge is 2.41.